The number of thiazole rings is 1. The minimum Gasteiger partial charge on any atom is -0.370 e. The number of aromatic nitrogens is 1. The minimum atomic E-state index is -0.690. The topological polar surface area (TPSA) is 156 Å². The minimum absolute atomic E-state index is 0.0154. The molecule has 166 valence electrons. The first kappa shape index (κ1) is 23.8. The van der Waals surface area contributed by atoms with E-state index in [4.69, 9.17) is 11.5 Å². The van der Waals surface area contributed by atoms with Crippen molar-refractivity contribution in [1.82, 2.24) is 15.2 Å². The number of likely N-dealkylation sites (N-methyl/N-ethyl adjacent to an activating group) is 1. The van der Waals surface area contributed by atoms with Crippen LogP contribution in [0.5, 0.6) is 0 Å². The summed E-state index contributed by atoms with van der Waals surface area (Å²) in [7, 11) is 3.24. The van der Waals surface area contributed by atoms with Crippen molar-refractivity contribution >= 4 is 45.8 Å². The molecule has 1 aromatic heterocycles. The standard InChI is InChI=1S/C20H27N7O3S/c1-11(18(30)27(3)4)23-17(29)16-15(26-20(31-16)24-12(2)28)10-7-13-5-8-14(9-6-13)25-19(21)22/h5-6,8-9,11H,7,10H2,1-4H3,(H,23,29)(H4,21,22,25)(H,24,26,28). The lowest BCUT2D eigenvalue weighted by Crippen LogP contribution is -2.44. The first-order chi connectivity index (χ1) is 14.6. The molecular weight excluding hydrogens is 418 g/mol. The molecule has 6 N–H and O–H groups in total. The predicted molar refractivity (Wildman–Crippen MR) is 121 cm³/mol. The lowest BCUT2D eigenvalue weighted by atomic mass is 10.1. The molecule has 0 radical (unpaired) electrons. The molecule has 0 aliphatic heterocycles. The second kappa shape index (κ2) is 10.5. The fraction of sp³-hybridized carbons (Fsp3) is 0.350. The van der Waals surface area contributed by atoms with Crippen LogP contribution in [0.1, 0.15) is 34.8 Å². The van der Waals surface area contributed by atoms with Crippen LogP contribution < -0.4 is 22.1 Å². The SMILES string of the molecule is CC(=O)Nc1nc(CCc2ccc(N=C(N)N)cc2)c(C(=O)NC(C)C(=O)N(C)C)s1. The molecule has 0 spiro atoms. The lowest BCUT2D eigenvalue weighted by Gasteiger charge is -2.17. The molecule has 11 heteroatoms. The molecule has 0 aliphatic rings. The van der Waals surface area contributed by atoms with E-state index < -0.39 is 11.9 Å². The van der Waals surface area contributed by atoms with Crippen LogP contribution >= 0.6 is 11.3 Å². The van der Waals surface area contributed by atoms with Gasteiger partial charge < -0.3 is 27.0 Å². The Morgan fingerprint density at radius 2 is 1.81 bits per heavy atom. The van der Waals surface area contributed by atoms with Gasteiger partial charge >= 0.3 is 0 Å². The molecule has 0 saturated heterocycles. The number of carbonyl (C=O) groups is 3. The Morgan fingerprint density at radius 3 is 2.35 bits per heavy atom. The van der Waals surface area contributed by atoms with E-state index in [-0.39, 0.29) is 17.8 Å². The number of benzene rings is 1. The van der Waals surface area contributed by atoms with Gasteiger partial charge in [0.25, 0.3) is 5.91 Å². The molecule has 1 atom stereocenters. The van der Waals surface area contributed by atoms with Crippen molar-refractivity contribution in [3.63, 3.8) is 0 Å². The van der Waals surface area contributed by atoms with Crippen molar-refractivity contribution < 1.29 is 14.4 Å². The maximum absolute atomic E-state index is 12.8. The Morgan fingerprint density at radius 1 is 1.16 bits per heavy atom. The molecule has 1 unspecified atom stereocenters. The number of amides is 3. The van der Waals surface area contributed by atoms with Crippen LogP contribution in [-0.4, -0.2) is 53.7 Å². The van der Waals surface area contributed by atoms with Crippen LogP contribution in [0.15, 0.2) is 29.3 Å². The Balaban J connectivity index is 2.18. The van der Waals surface area contributed by atoms with Gasteiger partial charge in [0.2, 0.25) is 11.8 Å². The van der Waals surface area contributed by atoms with Crippen LogP contribution in [0.2, 0.25) is 0 Å². The summed E-state index contributed by atoms with van der Waals surface area (Å²) >= 11 is 1.08. The summed E-state index contributed by atoms with van der Waals surface area (Å²) in [4.78, 5) is 46.4. The molecule has 0 aliphatic carbocycles. The van der Waals surface area contributed by atoms with Gasteiger partial charge in [-0.25, -0.2) is 9.98 Å². The van der Waals surface area contributed by atoms with Crippen molar-refractivity contribution in [2.24, 2.45) is 16.5 Å². The normalized spacial score (nSPS) is 11.4. The van der Waals surface area contributed by atoms with E-state index in [0.29, 0.717) is 34.2 Å². The number of nitrogens with two attached hydrogens (primary N) is 2. The number of nitrogens with one attached hydrogen (secondary N) is 2. The second-order valence-corrected chi connectivity index (χ2v) is 8.11. The van der Waals surface area contributed by atoms with E-state index in [1.165, 1.54) is 11.8 Å². The summed E-state index contributed by atoms with van der Waals surface area (Å²) in [6.45, 7) is 2.99. The van der Waals surface area contributed by atoms with Gasteiger partial charge in [-0.05, 0) is 37.5 Å². The molecule has 1 aromatic carbocycles. The summed E-state index contributed by atoms with van der Waals surface area (Å²) in [5.74, 6) is -0.922. The van der Waals surface area contributed by atoms with Gasteiger partial charge in [-0.3, -0.25) is 14.4 Å². The number of guanidine groups is 1. The number of aryl methyl sites for hydroxylation is 2. The fourth-order valence-electron chi connectivity index (χ4n) is 2.76. The van der Waals surface area contributed by atoms with Crippen molar-refractivity contribution in [1.29, 1.82) is 0 Å². The number of hydrogen-bond donors (Lipinski definition) is 4. The van der Waals surface area contributed by atoms with E-state index in [1.807, 2.05) is 12.1 Å². The Labute approximate surface area is 184 Å². The van der Waals surface area contributed by atoms with E-state index in [2.05, 4.69) is 20.6 Å². The van der Waals surface area contributed by atoms with Crippen LogP contribution in [0.25, 0.3) is 0 Å². The van der Waals surface area contributed by atoms with E-state index in [0.717, 1.165) is 16.9 Å². The zero-order chi connectivity index (χ0) is 23.1. The fourth-order valence-corrected chi connectivity index (χ4v) is 3.72. The zero-order valence-corrected chi connectivity index (χ0v) is 18.7. The molecule has 3 amide bonds. The third-order valence-electron chi connectivity index (χ3n) is 4.19. The van der Waals surface area contributed by atoms with Crippen LogP contribution in [0.4, 0.5) is 10.8 Å². The van der Waals surface area contributed by atoms with Gasteiger partial charge in [-0.15, -0.1) is 0 Å². The van der Waals surface area contributed by atoms with Crippen molar-refractivity contribution in [3.8, 4) is 0 Å². The maximum Gasteiger partial charge on any atom is 0.264 e. The molecule has 31 heavy (non-hydrogen) atoms. The van der Waals surface area contributed by atoms with Gasteiger partial charge in [-0.1, -0.05) is 23.5 Å². The largest absolute Gasteiger partial charge is 0.370 e. The summed E-state index contributed by atoms with van der Waals surface area (Å²) in [5.41, 5.74) is 12.9. The summed E-state index contributed by atoms with van der Waals surface area (Å²) < 4.78 is 0. The smallest absolute Gasteiger partial charge is 0.264 e. The summed E-state index contributed by atoms with van der Waals surface area (Å²) in [6, 6.07) is 6.67. The van der Waals surface area contributed by atoms with E-state index >= 15 is 0 Å². The van der Waals surface area contributed by atoms with Gasteiger partial charge in [0, 0.05) is 21.0 Å². The predicted octanol–water partition coefficient (Wildman–Crippen LogP) is 0.998. The van der Waals surface area contributed by atoms with E-state index in [9.17, 15) is 14.4 Å². The Kier molecular flexibility index (Phi) is 8.08. The summed E-state index contributed by atoms with van der Waals surface area (Å²) in [5, 5.41) is 5.65. The number of nitrogens with zero attached hydrogens (tertiary/aromatic N) is 3. The molecule has 2 aromatic rings. The number of hydrogen-bond acceptors (Lipinski definition) is 6. The highest BCUT2D eigenvalue weighted by Crippen LogP contribution is 2.25. The van der Waals surface area contributed by atoms with Crippen LogP contribution in [0, 0.1) is 0 Å². The number of anilines is 1. The van der Waals surface area contributed by atoms with Crippen LogP contribution in [0.3, 0.4) is 0 Å². The average Bonchev–Trinajstić information content (AvgIpc) is 3.08. The van der Waals surface area contributed by atoms with Gasteiger partial charge in [0.05, 0.1) is 11.4 Å². The van der Waals surface area contributed by atoms with E-state index in [1.54, 1.807) is 33.2 Å². The first-order valence-corrected chi connectivity index (χ1v) is 10.4. The van der Waals surface area contributed by atoms with Crippen LogP contribution in [-0.2, 0) is 22.4 Å². The molecular formula is C20H27N7O3S. The first-order valence-electron chi connectivity index (χ1n) is 9.54. The van der Waals surface area contributed by atoms with Crippen molar-refractivity contribution in [2.45, 2.75) is 32.7 Å². The highest BCUT2D eigenvalue weighted by atomic mass is 32.1. The van der Waals surface area contributed by atoms with Gasteiger partial charge in [0.15, 0.2) is 11.1 Å². The van der Waals surface area contributed by atoms with Crippen molar-refractivity contribution in [3.05, 3.63) is 40.4 Å². The zero-order valence-electron chi connectivity index (χ0n) is 17.9. The molecule has 10 nitrogen and oxygen atoms in total. The molecule has 0 saturated carbocycles. The van der Waals surface area contributed by atoms with Gasteiger partial charge in [0.1, 0.15) is 10.9 Å². The van der Waals surface area contributed by atoms with Crippen molar-refractivity contribution in [2.75, 3.05) is 19.4 Å². The number of carbonyl (C=O) groups excluding carboxylic acids is 3. The third-order valence-corrected chi connectivity index (χ3v) is 5.20. The van der Waals surface area contributed by atoms with Gasteiger partial charge in [-0.2, -0.15) is 0 Å². The highest BCUT2D eigenvalue weighted by Gasteiger charge is 2.23. The monoisotopic (exact) mass is 445 g/mol. The average molecular weight is 446 g/mol. The maximum atomic E-state index is 12.8. The lowest BCUT2D eigenvalue weighted by molar-refractivity contribution is -0.130. The quantitative estimate of drug-likeness (QED) is 0.351. The Bertz CT molecular complexity index is 979. The molecule has 1 heterocycles. The molecule has 0 bridgehead atoms. The number of rotatable bonds is 8. The second-order valence-electron chi connectivity index (χ2n) is 7.11. The number of aliphatic imine (C=N–C) groups is 1. The third kappa shape index (κ3) is 7.07. The Hall–Kier alpha value is -3.47. The molecule has 0 fully saturated rings. The highest BCUT2D eigenvalue weighted by molar-refractivity contribution is 7.17. The molecule has 2 rings (SSSR count). The summed E-state index contributed by atoms with van der Waals surface area (Å²) in [6.07, 6.45) is 1.08.